The van der Waals surface area contributed by atoms with Crippen molar-refractivity contribution in [1.82, 2.24) is 25.3 Å². The number of hydrogen-bond acceptors (Lipinski definition) is 4. The molecule has 0 radical (unpaired) electrons. The van der Waals surface area contributed by atoms with Gasteiger partial charge in [0.25, 0.3) is 0 Å². The number of carbonyl (C=O) groups is 1. The largest absolute Gasteiger partial charge is 0.465 e. The first-order valence-electron chi connectivity index (χ1n) is 11.3. The molecule has 1 amide bonds. The molecule has 0 aliphatic heterocycles. The molecule has 1 aromatic carbocycles. The molecule has 0 saturated heterocycles. The van der Waals surface area contributed by atoms with E-state index in [2.05, 4.69) is 26.7 Å². The average Bonchev–Trinajstić information content (AvgIpc) is 3.45. The van der Waals surface area contributed by atoms with E-state index in [9.17, 15) is 9.18 Å². The number of rotatable bonds is 5. The van der Waals surface area contributed by atoms with Crippen molar-refractivity contribution in [1.29, 1.82) is 0 Å². The zero-order valence-electron chi connectivity index (χ0n) is 18.1. The SMILES string of the molecule is O=C(O)NC1CC[C@@H]2[C@@H](C1)C[C@@H](n1ccnn1)[C@H]2C=Cc1ccc(-c2cccc(F)c2)cn1. The fourth-order valence-corrected chi connectivity index (χ4v) is 5.63. The fraction of sp³-hybridized carbons (Fsp3) is 0.360. The van der Waals surface area contributed by atoms with Crippen molar-refractivity contribution in [3.8, 4) is 11.1 Å². The Morgan fingerprint density at radius 3 is 2.82 bits per heavy atom. The number of nitrogens with one attached hydrogen (secondary N) is 1. The Balaban J connectivity index is 1.34. The molecule has 3 aromatic rings. The Morgan fingerprint density at radius 2 is 2.09 bits per heavy atom. The Kier molecular flexibility index (Phi) is 5.90. The normalized spacial score (nSPS) is 26.9. The number of benzene rings is 1. The third-order valence-electron chi connectivity index (χ3n) is 7.07. The summed E-state index contributed by atoms with van der Waals surface area (Å²) in [4.78, 5) is 15.7. The minimum Gasteiger partial charge on any atom is -0.465 e. The fourth-order valence-electron chi connectivity index (χ4n) is 5.63. The van der Waals surface area contributed by atoms with Crippen molar-refractivity contribution >= 4 is 12.2 Å². The van der Waals surface area contributed by atoms with Gasteiger partial charge in [0.2, 0.25) is 0 Å². The van der Waals surface area contributed by atoms with Crippen LogP contribution in [0.15, 0.2) is 61.1 Å². The minimum absolute atomic E-state index is 0.0138. The van der Waals surface area contributed by atoms with Gasteiger partial charge in [0.05, 0.1) is 17.9 Å². The summed E-state index contributed by atoms with van der Waals surface area (Å²) in [5.41, 5.74) is 2.52. The van der Waals surface area contributed by atoms with Crippen molar-refractivity contribution in [2.45, 2.75) is 37.8 Å². The van der Waals surface area contributed by atoms with E-state index in [1.165, 1.54) is 12.1 Å². The summed E-state index contributed by atoms with van der Waals surface area (Å²) in [6, 6.07) is 10.6. The van der Waals surface area contributed by atoms with Gasteiger partial charge in [-0.2, -0.15) is 0 Å². The van der Waals surface area contributed by atoms with Crippen LogP contribution >= 0.6 is 0 Å². The van der Waals surface area contributed by atoms with E-state index in [0.717, 1.165) is 42.5 Å². The zero-order chi connectivity index (χ0) is 22.8. The predicted octanol–water partition coefficient (Wildman–Crippen LogP) is 4.81. The molecule has 2 saturated carbocycles. The van der Waals surface area contributed by atoms with Crippen LogP contribution in [0.25, 0.3) is 17.2 Å². The first-order chi connectivity index (χ1) is 16.1. The molecule has 2 N–H and O–H groups in total. The van der Waals surface area contributed by atoms with Crippen LogP contribution < -0.4 is 5.32 Å². The number of hydrogen-bond donors (Lipinski definition) is 2. The van der Waals surface area contributed by atoms with E-state index in [1.807, 2.05) is 35.2 Å². The van der Waals surface area contributed by atoms with Gasteiger partial charge in [-0.05, 0) is 67.4 Å². The van der Waals surface area contributed by atoms with Crippen molar-refractivity contribution in [2.24, 2.45) is 17.8 Å². The van der Waals surface area contributed by atoms with Gasteiger partial charge in [-0.1, -0.05) is 29.5 Å². The van der Waals surface area contributed by atoms with E-state index < -0.39 is 6.09 Å². The molecule has 2 aliphatic rings. The first kappa shape index (κ1) is 21.3. The molecular formula is C25H26FN5O2. The van der Waals surface area contributed by atoms with Crippen LogP contribution in [-0.4, -0.2) is 37.2 Å². The molecule has 8 heteroatoms. The van der Waals surface area contributed by atoms with Gasteiger partial charge in [-0.15, -0.1) is 5.10 Å². The summed E-state index contributed by atoms with van der Waals surface area (Å²) in [7, 11) is 0. The lowest BCUT2D eigenvalue weighted by molar-refractivity contribution is 0.168. The van der Waals surface area contributed by atoms with Gasteiger partial charge < -0.3 is 10.4 Å². The molecule has 1 unspecified atom stereocenters. The number of fused-ring (bicyclic) bond motifs is 1. The maximum absolute atomic E-state index is 13.5. The van der Waals surface area contributed by atoms with E-state index >= 15 is 0 Å². The maximum Gasteiger partial charge on any atom is 0.404 e. The summed E-state index contributed by atoms with van der Waals surface area (Å²) in [6.07, 6.45) is 12.3. The van der Waals surface area contributed by atoms with Crippen molar-refractivity contribution in [3.63, 3.8) is 0 Å². The number of nitrogens with zero attached hydrogens (tertiary/aromatic N) is 4. The average molecular weight is 448 g/mol. The highest BCUT2D eigenvalue weighted by atomic mass is 19.1. The van der Waals surface area contributed by atoms with Crippen LogP contribution in [0.5, 0.6) is 0 Å². The lowest BCUT2D eigenvalue weighted by Crippen LogP contribution is -2.39. The molecule has 2 aliphatic carbocycles. The Bertz CT molecular complexity index is 1130. The minimum atomic E-state index is -0.950. The molecule has 2 aromatic heterocycles. The molecular weight excluding hydrogens is 421 g/mol. The highest BCUT2D eigenvalue weighted by molar-refractivity contribution is 5.65. The Labute approximate surface area is 191 Å². The molecule has 5 atom stereocenters. The number of pyridine rings is 1. The number of allylic oxidation sites excluding steroid dienone is 1. The molecule has 0 bridgehead atoms. The number of halogens is 1. The highest BCUT2D eigenvalue weighted by Gasteiger charge is 2.46. The topological polar surface area (TPSA) is 92.9 Å². The summed E-state index contributed by atoms with van der Waals surface area (Å²) >= 11 is 0. The van der Waals surface area contributed by atoms with Crippen molar-refractivity contribution in [3.05, 3.63) is 72.6 Å². The monoisotopic (exact) mass is 447 g/mol. The molecule has 2 fully saturated rings. The van der Waals surface area contributed by atoms with Gasteiger partial charge in [-0.25, -0.2) is 13.9 Å². The van der Waals surface area contributed by atoms with Crippen LogP contribution in [0, 0.1) is 23.6 Å². The predicted molar refractivity (Wildman–Crippen MR) is 122 cm³/mol. The van der Waals surface area contributed by atoms with E-state index in [0.29, 0.717) is 11.8 Å². The molecule has 0 spiro atoms. The quantitative estimate of drug-likeness (QED) is 0.586. The maximum atomic E-state index is 13.5. The van der Waals surface area contributed by atoms with Crippen LogP contribution in [0.1, 0.15) is 37.4 Å². The van der Waals surface area contributed by atoms with Crippen LogP contribution in [-0.2, 0) is 0 Å². The summed E-state index contributed by atoms with van der Waals surface area (Å²) in [5.74, 6) is 0.906. The van der Waals surface area contributed by atoms with Gasteiger partial charge in [0.1, 0.15) is 5.82 Å². The third kappa shape index (κ3) is 4.65. The second-order valence-corrected chi connectivity index (χ2v) is 8.99. The number of amides is 1. The lowest BCUT2D eigenvalue weighted by Gasteiger charge is -2.33. The molecule has 170 valence electrons. The second kappa shape index (κ2) is 9.13. The second-order valence-electron chi connectivity index (χ2n) is 8.99. The summed E-state index contributed by atoms with van der Waals surface area (Å²) in [5, 5.41) is 20.0. The van der Waals surface area contributed by atoms with Gasteiger partial charge in [-0.3, -0.25) is 4.98 Å². The third-order valence-corrected chi connectivity index (χ3v) is 7.07. The smallest absolute Gasteiger partial charge is 0.404 e. The number of carboxylic acid groups (broad SMARTS) is 1. The van der Waals surface area contributed by atoms with Crippen molar-refractivity contribution in [2.75, 3.05) is 0 Å². The standard InChI is InChI=1S/C25H26FN5O2/c26-19-3-1-2-16(12-19)17-4-5-20(27-15-17)6-9-23-22-8-7-21(29-25(32)33)13-18(22)14-24(23)31-11-10-28-30-31/h1-6,9-12,15,18,21-24,29H,7-8,13-14H2,(H,32,33)/t18-,21?,22+,23-,24+/m0/s1. The lowest BCUT2D eigenvalue weighted by atomic mass is 9.75. The van der Waals surface area contributed by atoms with Gasteiger partial charge in [0, 0.05) is 29.9 Å². The first-order valence-corrected chi connectivity index (χ1v) is 11.3. The van der Waals surface area contributed by atoms with E-state index in [-0.39, 0.29) is 23.8 Å². The summed E-state index contributed by atoms with van der Waals surface area (Å²) < 4.78 is 15.5. The molecule has 5 rings (SSSR count). The Morgan fingerprint density at radius 1 is 1.18 bits per heavy atom. The van der Waals surface area contributed by atoms with Crippen molar-refractivity contribution < 1.29 is 14.3 Å². The van der Waals surface area contributed by atoms with E-state index in [1.54, 1.807) is 18.5 Å². The summed E-state index contributed by atoms with van der Waals surface area (Å²) in [6.45, 7) is 0. The van der Waals surface area contributed by atoms with Crippen LogP contribution in [0.4, 0.5) is 9.18 Å². The van der Waals surface area contributed by atoms with Crippen LogP contribution in [0.3, 0.4) is 0 Å². The van der Waals surface area contributed by atoms with Crippen LogP contribution in [0.2, 0.25) is 0 Å². The zero-order valence-corrected chi connectivity index (χ0v) is 18.1. The van der Waals surface area contributed by atoms with Gasteiger partial charge in [0.15, 0.2) is 0 Å². The molecule has 2 heterocycles. The van der Waals surface area contributed by atoms with Gasteiger partial charge >= 0.3 is 6.09 Å². The van der Waals surface area contributed by atoms with E-state index in [4.69, 9.17) is 5.11 Å². The molecule has 7 nitrogen and oxygen atoms in total. The Hall–Kier alpha value is -3.55. The highest BCUT2D eigenvalue weighted by Crippen LogP contribution is 2.51. The number of aromatic nitrogens is 4. The molecule has 33 heavy (non-hydrogen) atoms.